The van der Waals surface area contributed by atoms with E-state index in [1.165, 1.54) is 11.3 Å². The molecule has 2 N–H and O–H groups in total. The summed E-state index contributed by atoms with van der Waals surface area (Å²) < 4.78 is 1.75. The van der Waals surface area contributed by atoms with Gasteiger partial charge in [0.25, 0.3) is 0 Å². The first-order valence-electron chi connectivity index (χ1n) is 5.20. The van der Waals surface area contributed by atoms with Crippen LogP contribution in [0, 0.1) is 13.8 Å². The highest BCUT2D eigenvalue weighted by Crippen LogP contribution is 2.29. The molecule has 0 bridgehead atoms. The van der Waals surface area contributed by atoms with Crippen molar-refractivity contribution in [1.82, 2.24) is 19.8 Å². The molecule has 0 aliphatic rings. The van der Waals surface area contributed by atoms with E-state index in [9.17, 15) is 0 Å². The molecule has 17 heavy (non-hydrogen) atoms. The zero-order valence-electron chi connectivity index (χ0n) is 9.51. The molecule has 0 saturated carbocycles. The second-order valence-electron chi connectivity index (χ2n) is 3.92. The van der Waals surface area contributed by atoms with Crippen LogP contribution in [0.25, 0.3) is 15.5 Å². The number of nitrogen functional groups attached to an aromatic ring is 1. The molecule has 0 atom stereocenters. The monoisotopic (exact) mass is 245 g/mol. The molecule has 86 valence electrons. The van der Waals surface area contributed by atoms with Crippen molar-refractivity contribution in [2.45, 2.75) is 13.8 Å². The zero-order valence-corrected chi connectivity index (χ0v) is 10.3. The molecule has 2 aromatic heterocycles. The molecule has 1 aromatic carbocycles. The van der Waals surface area contributed by atoms with Crippen LogP contribution in [0.5, 0.6) is 0 Å². The molecule has 5 nitrogen and oxygen atoms in total. The third-order valence-electron chi connectivity index (χ3n) is 2.64. The molecule has 0 radical (unpaired) electrons. The Labute approximate surface area is 102 Å². The molecular weight excluding hydrogens is 234 g/mol. The van der Waals surface area contributed by atoms with Gasteiger partial charge in [-0.2, -0.15) is 9.61 Å². The van der Waals surface area contributed by atoms with Gasteiger partial charge in [-0.05, 0) is 31.5 Å². The fourth-order valence-corrected chi connectivity index (χ4v) is 2.66. The van der Waals surface area contributed by atoms with Crippen molar-refractivity contribution in [1.29, 1.82) is 0 Å². The van der Waals surface area contributed by atoms with Crippen molar-refractivity contribution < 1.29 is 0 Å². The molecule has 0 aliphatic heterocycles. The summed E-state index contributed by atoms with van der Waals surface area (Å²) in [5.74, 6) is 0.795. The zero-order chi connectivity index (χ0) is 12.0. The molecule has 0 aliphatic carbocycles. The second kappa shape index (κ2) is 3.53. The van der Waals surface area contributed by atoms with E-state index >= 15 is 0 Å². The number of aromatic nitrogens is 4. The molecule has 6 heteroatoms. The normalized spacial score (nSPS) is 11.2. The van der Waals surface area contributed by atoms with E-state index in [-0.39, 0.29) is 0 Å². The summed E-state index contributed by atoms with van der Waals surface area (Å²) in [5.41, 5.74) is 8.76. The molecule has 0 fully saturated rings. The maximum absolute atomic E-state index is 5.81. The van der Waals surface area contributed by atoms with Crippen LogP contribution in [0.2, 0.25) is 0 Å². The molecule has 0 unspecified atom stereocenters. The number of aryl methyl sites for hydroxylation is 2. The smallest absolute Gasteiger partial charge is 0.234 e. The van der Waals surface area contributed by atoms with Crippen LogP contribution in [-0.2, 0) is 0 Å². The number of benzene rings is 1. The molecule has 2 heterocycles. The number of nitrogens with two attached hydrogens (primary N) is 1. The van der Waals surface area contributed by atoms with E-state index in [4.69, 9.17) is 5.73 Å². The Morgan fingerprint density at radius 3 is 2.82 bits per heavy atom. The Kier molecular flexibility index (Phi) is 2.12. The number of anilines is 1. The molecule has 0 saturated heterocycles. The molecule has 0 amide bonds. The van der Waals surface area contributed by atoms with Crippen LogP contribution in [0.15, 0.2) is 18.2 Å². The quantitative estimate of drug-likeness (QED) is 0.666. The Bertz CT molecular complexity index is 697. The van der Waals surface area contributed by atoms with Gasteiger partial charge in [-0.1, -0.05) is 17.4 Å². The van der Waals surface area contributed by atoms with Crippen molar-refractivity contribution in [3.8, 4) is 10.6 Å². The summed E-state index contributed by atoms with van der Waals surface area (Å²) in [5, 5.41) is 13.4. The Morgan fingerprint density at radius 1 is 1.24 bits per heavy atom. The first kappa shape index (κ1) is 10.2. The van der Waals surface area contributed by atoms with Crippen LogP contribution < -0.4 is 5.73 Å². The van der Waals surface area contributed by atoms with Crippen molar-refractivity contribution in [3.05, 3.63) is 29.6 Å². The summed E-state index contributed by atoms with van der Waals surface area (Å²) in [7, 11) is 0. The Balaban J connectivity index is 2.23. The minimum absolute atomic E-state index is 0.744. The lowest BCUT2D eigenvalue weighted by molar-refractivity contribution is 0.897. The molecule has 0 spiro atoms. The van der Waals surface area contributed by atoms with E-state index in [0.717, 1.165) is 32.6 Å². The van der Waals surface area contributed by atoms with Crippen molar-refractivity contribution in [2.24, 2.45) is 0 Å². The average molecular weight is 245 g/mol. The number of rotatable bonds is 1. The van der Waals surface area contributed by atoms with Gasteiger partial charge in [0.15, 0.2) is 5.82 Å². The summed E-state index contributed by atoms with van der Waals surface area (Å²) in [6.45, 7) is 3.93. The summed E-state index contributed by atoms with van der Waals surface area (Å²) in [6.07, 6.45) is 0. The van der Waals surface area contributed by atoms with Crippen LogP contribution in [-0.4, -0.2) is 19.8 Å². The largest absolute Gasteiger partial charge is 0.399 e. The minimum atomic E-state index is 0.744. The highest BCUT2D eigenvalue weighted by atomic mass is 32.1. The average Bonchev–Trinajstić information content (AvgIpc) is 2.85. The fraction of sp³-hybridized carbons (Fsp3) is 0.182. The first-order valence-corrected chi connectivity index (χ1v) is 6.02. The number of hydrogen-bond acceptors (Lipinski definition) is 5. The topological polar surface area (TPSA) is 69.1 Å². The van der Waals surface area contributed by atoms with Crippen LogP contribution in [0.4, 0.5) is 5.69 Å². The van der Waals surface area contributed by atoms with Crippen molar-refractivity contribution >= 4 is 22.0 Å². The maximum atomic E-state index is 5.81. The Morgan fingerprint density at radius 2 is 2.06 bits per heavy atom. The SMILES string of the molecule is Cc1ccc(N)cc1-c1nn2c(C)nnc2s1. The summed E-state index contributed by atoms with van der Waals surface area (Å²) >= 11 is 1.52. The van der Waals surface area contributed by atoms with Crippen LogP contribution in [0.3, 0.4) is 0 Å². The van der Waals surface area contributed by atoms with Gasteiger partial charge in [0.1, 0.15) is 5.01 Å². The highest BCUT2D eigenvalue weighted by molar-refractivity contribution is 7.19. The van der Waals surface area contributed by atoms with E-state index in [1.54, 1.807) is 4.52 Å². The predicted octanol–water partition coefficient (Wildman–Crippen LogP) is 2.05. The van der Waals surface area contributed by atoms with Gasteiger partial charge in [0, 0.05) is 11.3 Å². The predicted molar refractivity (Wildman–Crippen MR) is 68.0 cm³/mol. The number of fused-ring (bicyclic) bond motifs is 1. The Hall–Kier alpha value is -1.95. The fourth-order valence-electron chi connectivity index (χ4n) is 1.69. The van der Waals surface area contributed by atoms with E-state index in [0.29, 0.717) is 0 Å². The van der Waals surface area contributed by atoms with Crippen molar-refractivity contribution in [3.63, 3.8) is 0 Å². The van der Waals surface area contributed by atoms with Gasteiger partial charge in [-0.3, -0.25) is 0 Å². The lowest BCUT2D eigenvalue weighted by atomic mass is 10.1. The lowest BCUT2D eigenvalue weighted by Gasteiger charge is -2.02. The van der Waals surface area contributed by atoms with Gasteiger partial charge in [0.2, 0.25) is 4.96 Å². The van der Waals surface area contributed by atoms with Crippen molar-refractivity contribution in [2.75, 3.05) is 5.73 Å². The van der Waals surface area contributed by atoms with E-state index < -0.39 is 0 Å². The maximum Gasteiger partial charge on any atom is 0.234 e. The molecular formula is C11H11N5S. The number of hydrogen-bond donors (Lipinski definition) is 1. The lowest BCUT2D eigenvalue weighted by Crippen LogP contribution is -1.91. The third-order valence-corrected chi connectivity index (χ3v) is 3.57. The standard InChI is InChI=1S/C11H11N5S/c1-6-3-4-8(12)5-9(6)10-15-16-7(2)13-14-11(16)17-10/h3-5H,12H2,1-2H3. The highest BCUT2D eigenvalue weighted by Gasteiger charge is 2.12. The third kappa shape index (κ3) is 1.57. The van der Waals surface area contributed by atoms with E-state index in [1.807, 2.05) is 32.0 Å². The van der Waals surface area contributed by atoms with Gasteiger partial charge >= 0.3 is 0 Å². The van der Waals surface area contributed by atoms with Gasteiger partial charge in [0.05, 0.1) is 0 Å². The van der Waals surface area contributed by atoms with Gasteiger partial charge in [-0.25, -0.2) is 0 Å². The summed E-state index contributed by atoms with van der Waals surface area (Å²) in [6, 6.07) is 5.83. The van der Waals surface area contributed by atoms with Crippen LogP contribution in [0.1, 0.15) is 11.4 Å². The minimum Gasteiger partial charge on any atom is -0.399 e. The summed E-state index contributed by atoms with van der Waals surface area (Å²) in [4.78, 5) is 0.805. The molecule has 3 rings (SSSR count). The van der Waals surface area contributed by atoms with Gasteiger partial charge in [-0.15, -0.1) is 10.2 Å². The first-order chi connectivity index (χ1) is 8.15. The van der Waals surface area contributed by atoms with Gasteiger partial charge < -0.3 is 5.73 Å². The molecule has 3 aromatic rings. The number of nitrogens with zero attached hydrogens (tertiary/aromatic N) is 4. The van der Waals surface area contributed by atoms with E-state index in [2.05, 4.69) is 15.3 Å². The van der Waals surface area contributed by atoms with Crippen LogP contribution >= 0.6 is 11.3 Å². The second-order valence-corrected chi connectivity index (χ2v) is 4.88.